The molecule has 2 N–H and O–H groups in total. The molecule has 2 heteroatoms. The molecule has 0 fully saturated rings. The summed E-state index contributed by atoms with van der Waals surface area (Å²) >= 11 is 0. The fourth-order valence-electron chi connectivity index (χ4n) is 1.47. The van der Waals surface area contributed by atoms with E-state index in [9.17, 15) is 5.11 Å². The van der Waals surface area contributed by atoms with E-state index in [1.807, 2.05) is 26.0 Å². The third-order valence-electron chi connectivity index (χ3n) is 2.33. The van der Waals surface area contributed by atoms with E-state index >= 15 is 0 Å². The summed E-state index contributed by atoms with van der Waals surface area (Å²) in [6.45, 7) is 3.88. The minimum Gasteiger partial charge on any atom is -0.508 e. The SMILES string of the molecule is CC(=N)CCCc1cc(O)ccc1C. The molecule has 0 radical (unpaired) electrons. The quantitative estimate of drug-likeness (QED) is 0.706. The summed E-state index contributed by atoms with van der Waals surface area (Å²) in [4.78, 5) is 0. The second kappa shape index (κ2) is 4.80. The van der Waals surface area contributed by atoms with Gasteiger partial charge in [0.2, 0.25) is 0 Å². The van der Waals surface area contributed by atoms with Crippen molar-refractivity contribution in [1.29, 1.82) is 5.41 Å². The van der Waals surface area contributed by atoms with Gasteiger partial charge < -0.3 is 10.5 Å². The predicted octanol–water partition coefficient (Wildman–Crippen LogP) is 3.06. The van der Waals surface area contributed by atoms with Crippen LogP contribution in [0.4, 0.5) is 0 Å². The number of nitrogens with one attached hydrogen (secondary N) is 1. The van der Waals surface area contributed by atoms with Gasteiger partial charge in [-0.3, -0.25) is 0 Å². The van der Waals surface area contributed by atoms with Crippen molar-refractivity contribution in [3.8, 4) is 5.75 Å². The van der Waals surface area contributed by atoms with Gasteiger partial charge in [-0.15, -0.1) is 0 Å². The molecular weight excluding hydrogens is 174 g/mol. The molecule has 0 heterocycles. The molecule has 0 saturated heterocycles. The highest BCUT2D eigenvalue weighted by Gasteiger charge is 2.00. The lowest BCUT2D eigenvalue weighted by Gasteiger charge is -2.05. The van der Waals surface area contributed by atoms with Gasteiger partial charge in [-0.25, -0.2) is 0 Å². The van der Waals surface area contributed by atoms with Gasteiger partial charge in [0.15, 0.2) is 0 Å². The third kappa shape index (κ3) is 3.21. The first-order valence-corrected chi connectivity index (χ1v) is 4.92. The molecule has 14 heavy (non-hydrogen) atoms. The molecule has 1 rings (SSSR count). The van der Waals surface area contributed by atoms with Gasteiger partial charge >= 0.3 is 0 Å². The van der Waals surface area contributed by atoms with E-state index in [4.69, 9.17) is 5.41 Å². The fraction of sp³-hybridized carbons (Fsp3) is 0.417. The Kier molecular flexibility index (Phi) is 3.69. The van der Waals surface area contributed by atoms with Crippen LogP contribution in [0.2, 0.25) is 0 Å². The number of aryl methyl sites for hydroxylation is 2. The molecule has 0 aliphatic heterocycles. The van der Waals surface area contributed by atoms with Crippen LogP contribution in [0.25, 0.3) is 0 Å². The summed E-state index contributed by atoms with van der Waals surface area (Å²) in [5, 5.41) is 16.6. The van der Waals surface area contributed by atoms with Crippen molar-refractivity contribution in [1.82, 2.24) is 0 Å². The van der Waals surface area contributed by atoms with E-state index in [1.54, 1.807) is 6.07 Å². The van der Waals surface area contributed by atoms with Crippen LogP contribution in [0.15, 0.2) is 18.2 Å². The van der Waals surface area contributed by atoms with Crippen molar-refractivity contribution in [2.24, 2.45) is 0 Å². The summed E-state index contributed by atoms with van der Waals surface area (Å²) < 4.78 is 0. The standard InChI is InChI=1S/C12H17NO/c1-9-6-7-12(14)8-11(9)5-3-4-10(2)13/h6-8,13-14H,3-5H2,1-2H3. The first-order chi connectivity index (χ1) is 6.59. The van der Waals surface area contributed by atoms with Crippen molar-refractivity contribution >= 4 is 5.71 Å². The maximum Gasteiger partial charge on any atom is 0.115 e. The average molecular weight is 191 g/mol. The Morgan fingerprint density at radius 1 is 1.43 bits per heavy atom. The largest absolute Gasteiger partial charge is 0.508 e. The summed E-state index contributed by atoms with van der Waals surface area (Å²) in [5.74, 6) is 0.331. The van der Waals surface area contributed by atoms with E-state index in [-0.39, 0.29) is 0 Å². The number of hydrogen-bond donors (Lipinski definition) is 2. The van der Waals surface area contributed by atoms with Crippen LogP contribution in [-0.4, -0.2) is 10.8 Å². The molecule has 76 valence electrons. The van der Waals surface area contributed by atoms with Gasteiger partial charge in [-0.2, -0.15) is 0 Å². The van der Waals surface area contributed by atoms with Crippen molar-refractivity contribution in [3.05, 3.63) is 29.3 Å². The summed E-state index contributed by atoms with van der Waals surface area (Å²) in [6, 6.07) is 5.46. The highest BCUT2D eigenvalue weighted by Crippen LogP contribution is 2.17. The highest BCUT2D eigenvalue weighted by molar-refractivity contribution is 5.78. The average Bonchev–Trinajstić information content (AvgIpc) is 2.10. The lowest BCUT2D eigenvalue weighted by atomic mass is 10.0. The molecule has 0 bridgehead atoms. The predicted molar refractivity (Wildman–Crippen MR) is 59.2 cm³/mol. The Bertz CT molecular complexity index is 331. The molecule has 0 aromatic heterocycles. The number of phenolic OH excluding ortho intramolecular Hbond substituents is 1. The zero-order valence-corrected chi connectivity index (χ0v) is 8.80. The second-order valence-electron chi connectivity index (χ2n) is 3.74. The summed E-state index contributed by atoms with van der Waals surface area (Å²) in [5.41, 5.74) is 3.12. The Hall–Kier alpha value is -1.31. The minimum absolute atomic E-state index is 0.331. The zero-order chi connectivity index (χ0) is 10.6. The lowest BCUT2D eigenvalue weighted by Crippen LogP contribution is -1.93. The molecule has 0 spiro atoms. The molecule has 0 saturated carbocycles. The van der Waals surface area contributed by atoms with Crippen molar-refractivity contribution in [2.45, 2.75) is 33.1 Å². The maximum absolute atomic E-state index is 9.30. The van der Waals surface area contributed by atoms with Crippen LogP contribution in [0, 0.1) is 12.3 Å². The Morgan fingerprint density at radius 3 is 2.79 bits per heavy atom. The Labute approximate surface area is 85.1 Å². The van der Waals surface area contributed by atoms with Gasteiger partial charge in [0.25, 0.3) is 0 Å². The molecule has 1 aromatic rings. The summed E-state index contributed by atoms with van der Waals surface area (Å²) in [6.07, 6.45) is 2.77. The van der Waals surface area contributed by atoms with Crippen molar-refractivity contribution < 1.29 is 5.11 Å². The van der Waals surface area contributed by atoms with E-state index in [2.05, 4.69) is 0 Å². The number of aromatic hydroxyl groups is 1. The second-order valence-corrected chi connectivity index (χ2v) is 3.74. The van der Waals surface area contributed by atoms with Crippen LogP contribution in [0.5, 0.6) is 5.75 Å². The minimum atomic E-state index is 0.331. The smallest absolute Gasteiger partial charge is 0.115 e. The molecule has 0 atom stereocenters. The molecule has 0 amide bonds. The highest BCUT2D eigenvalue weighted by atomic mass is 16.3. The Morgan fingerprint density at radius 2 is 2.14 bits per heavy atom. The van der Waals surface area contributed by atoms with E-state index in [0.717, 1.165) is 25.0 Å². The van der Waals surface area contributed by atoms with Crippen LogP contribution < -0.4 is 0 Å². The van der Waals surface area contributed by atoms with Crippen LogP contribution >= 0.6 is 0 Å². The molecule has 0 aliphatic rings. The topological polar surface area (TPSA) is 44.1 Å². The lowest BCUT2D eigenvalue weighted by molar-refractivity contribution is 0.474. The monoisotopic (exact) mass is 191 g/mol. The van der Waals surface area contributed by atoms with Gasteiger partial charge in [0, 0.05) is 5.71 Å². The number of rotatable bonds is 4. The van der Waals surface area contributed by atoms with Crippen LogP contribution in [0.1, 0.15) is 30.9 Å². The van der Waals surface area contributed by atoms with Gasteiger partial charge in [0.05, 0.1) is 0 Å². The molecule has 0 unspecified atom stereocenters. The van der Waals surface area contributed by atoms with Crippen LogP contribution in [-0.2, 0) is 6.42 Å². The zero-order valence-electron chi connectivity index (χ0n) is 8.80. The third-order valence-corrected chi connectivity index (χ3v) is 2.33. The fourth-order valence-corrected chi connectivity index (χ4v) is 1.47. The van der Waals surface area contributed by atoms with Crippen molar-refractivity contribution in [3.63, 3.8) is 0 Å². The summed E-state index contributed by atoms with van der Waals surface area (Å²) in [7, 11) is 0. The van der Waals surface area contributed by atoms with Crippen molar-refractivity contribution in [2.75, 3.05) is 0 Å². The van der Waals surface area contributed by atoms with Gasteiger partial charge in [-0.05, 0) is 56.4 Å². The number of hydrogen-bond acceptors (Lipinski definition) is 2. The Balaban J connectivity index is 2.57. The molecule has 1 aromatic carbocycles. The molecule has 0 aliphatic carbocycles. The number of phenols is 1. The van der Waals surface area contributed by atoms with E-state index < -0.39 is 0 Å². The van der Waals surface area contributed by atoms with Gasteiger partial charge in [-0.1, -0.05) is 6.07 Å². The first kappa shape index (κ1) is 10.8. The first-order valence-electron chi connectivity index (χ1n) is 4.92. The van der Waals surface area contributed by atoms with E-state index in [0.29, 0.717) is 5.75 Å². The van der Waals surface area contributed by atoms with Crippen LogP contribution in [0.3, 0.4) is 0 Å². The van der Waals surface area contributed by atoms with E-state index in [1.165, 1.54) is 11.1 Å². The maximum atomic E-state index is 9.30. The number of benzene rings is 1. The van der Waals surface area contributed by atoms with Gasteiger partial charge in [0.1, 0.15) is 5.75 Å². The molecule has 2 nitrogen and oxygen atoms in total. The molecular formula is C12H17NO. The normalized spacial score (nSPS) is 10.1.